The van der Waals surface area contributed by atoms with Crippen molar-refractivity contribution in [2.45, 2.75) is 23.6 Å². The number of benzene rings is 1. The second kappa shape index (κ2) is 5.55. The zero-order chi connectivity index (χ0) is 15.9. The van der Waals surface area contributed by atoms with E-state index in [0.29, 0.717) is 16.0 Å². The van der Waals surface area contributed by atoms with Crippen molar-refractivity contribution in [1.29, 1.82) is 5.26 Å². The number of halogens is 2. The number of aromatic nitrogens is 1. The lowest BCUT2D eigenvalue weighted by molar-refractivity contribution is 0.0908. The van der Waals surface area contributed by atoms with Crippen LogP contribution in [0, 0.1) is 17.1 Å². The second-order valence-corrected chi connectivity index (χ2v) is 5.38. The average molecular weight is 320 g/mol. The van der Waals surface area contributed by atoms with E-state index in [0.717, 1.165) is 12.1 Å². The average Bonchev–Trinajstić information content (AvgIpc) is 2.78. The third-order valence-electron chi connectivity index (χ3n) is 3.42. The smallest absolute Gasteiger partial charge is 0.222 e. The van der Waals surface area contributed by atoms with Crippen LogP contribution in [0.3, 0.4) is 0 Å². The lowest BCUT2D eigenvalue weighted by Gasteiger charge is -2.12. The molecule has 2 unspecified atom stereocenters. The zero-order valence-corrected chi connectivity index (χ0v) is 12.0. The van der Waals surface area contributed by atoms with Crippen molar-refractivity contribution in [3.8, 4) is 17.7 Å². The quantitative estimate of drug-likeness (QED) is 0.835. The van der Waals surface area contributed by atoms with E-state index in [1.807, 2.05) is 6.07 Å². The van der Waals surface area contributed by atoms with E-state index in [4.69, 9.17) is 10.00 Å². The molecule has 1 aliphatic rings. The monoisotopic (exact) mass is 320 g/mol. The van der Waals surface area contributed by atoms with E-state index in [1.165, 1.54) is 12.3 Å². The van der Waals surface area contributed by atoms with Crippen LogP contribution in [0.2, 0.25) is 0 Å². The summed E-state index contributed by atoms with van der Waals surface area (Å²) in [5.74, 6) is -0.476. The van der Waals surface area contributed by atoms with Gasteiger partial charge in [0.25, 0.3) is 0 Å². The first-order valence-corrected chi connectivity index (χ1v) is 6.85. The highest BCUT2D eigenvalue weighted by Crippen LogP contribution is 2.42. The van der Waals surface area contributed by atoms with E-state index in [-0.39, 0.29) is 23.6 Å². The van der Waals surface area contributed by atoms with Crippen LogP contribution in [0.15, 0.2) is 29.3 Å². The SMILES string of the molecule is N#Cc1cc(F)cc(Oc2ncc(S)c3c2CC(F)C3O)c1. The van der Waals surface area contributed by atoms with Gasteiger partial charge in [0.05, 0.1) is 11.6 Å². The molecule has 1 N–H and O–H groups in total. The fourth-order valence-electron chi connectivity index (χ4n) is 2.44. The van der Waals surface area contributed by atoms with Crippen LogP contribution in [-0.2, 0) is 6.42 Å². The highest BCUT2D eigenvalue weighted by Gasteiger charge is 2.35. The Morgan fingerprint density at radius 2 is 2.18 bits per heavy atom. The van der Waals surface area contributed by atoms with Crippen LogP contribution in [0.5, 0.6) is 11.6 Å². The molecular formula is C15H10F2N2O2S. The predicted octanol–water partition coefficient (Wildman–Crippen LogP) is 3.10. The van der Waals surface area contributed by atoms with Crippen molar-refractivity contribution in [1.82, 2.24) is 4.98 Å². The molecule has 0 fully saturated rings. The summed E-state index contributed by atoms with van der Waals surface area (Å²) in [6.07, 6.45) is -1.47. The van der Waals surface area contributed by atoms with Crippen LogP contribution >= 0.6 is 12.6 Å². The van der Waals surface area contributed by atoms with E-state index in [9.17, 15) is 13.9 Å². The first kappa shape index (κ1) is 14.8. The summed E-state index contributed by atoms with van der Waals surface area (Å²) in [5.41, 5.74) is 0.828. The van der Waals surface area contributed by atoms with Crippen LogP contribution in [0.4, 0.5) is 8.78 Å². The summed E-state index contributed by atoms with van der Waals surface area (Å²) < 4.78 is 32.6. The fraction of sp³-hybridized carbons (Fsp3) is 0.200. The minimum atomic E-state index is -1.46. The molecule has 1 heterocycles. The van der Waals surface area contributed by atoms with Crippen molar-refractivity contribution in [2.24, 2.45) is 0 Å². The number of aliphatic hydroxyl groups excluding tert-OH is 1. The maximum atomic E-state index is 13.7. The number of hydrogen-bond donors (Lipinski definition) is 2. The molecule has 7 heteroatoms. The summed E-state index contributed by atoms with van der Waals surface area (Å²) in [5, 5.41) is 18.7. The van der Waals surface area contributed by atoms with Crippen molar-refractivity contribution < 1.29 is 18.6 Å². The normalized spacial score (nSPS) is 19.6. The number of thiol groups is 1. The maximum absolute atomic E-state index is 13.7. The Balaban J connectivity index is 2.02. The molecule has 0 amide bonds. The molecule has 0 bridgehead atoms. The van der Waals surface area contributed by atoms with E-state index in [1.54, 1.807) is 0 Å². The molecule has 2 atom stereocenters. The molecule has 1 aliphatic carbocycles. The Morgan fingerprint density at radius 1 is 1.41 bits per heavy atom. The molecule has 22 heavy (non-hydrogen) atoms. The molecule has 1 aromatic carbocycles. The third kappa shape index (κ3) is 2.51. The number of nitriles is 1. The molecule has 0 spiro atoms. The Labute approximate surface area is 130 Å². The van der Waals surface area contributed by atoms with Gasteiger partial charge in [-0.25, -0.2) is 13.8 Å². The fourth-order valence-corrected chi connectivity index (χ4v) is 2.76. The van der Waals surface area contributed by atoms with Gasteiger partial charge in [-0.3, -0.25) is 0 Å². The van der Waals surface area contributed by atoms with Crippen molar-refractivity contribution in [3.05, 3.63) is 46.9 Å². The van der Waals surface area contributed by atoms with Gasteiger partial charge in [-0.15, -0.1) is 12.6 Å². The number of pyridine rings is 1. The zero-order valence-electron chi connectivity index (χ0n) is 11.1. The molecule has 0 saturated carbocycles. The highest BCUT2D eigenvalue weighted by atomic mass is 32.1. The molecule has 2 aromatic rings. The van der Waals surface area contributed by atoms with Crippen LogP contribution in [0.25, 0.3) is 0 Å². The summed E-state index contributed by atoms with van der Waals surface area (Å²) in [6.45, 7) is 0. The van der Waals surface area contributed by atoms with Crippen LogP contribution in [-0.4, -0.2) is 16.3 Å². The van der Waals surface area contributed by atoms with Gasteiger partial charge in [0, 0.05) is 34.7 Å². The number of nitrogens with zero attached hydrogens (tertiary/aromatic N) is 2. The Bertz CT molecular complexity index is 792. The van der Waals surface area contributed by atoms with E-state index >= 15 is 0 Å². The number of fused-ring (bicyclic) bond motifs is 1. The number of ether oxygens (including phenoxy) is 1. The lowest BCUT2D eigenvalue weighted by Crippen LogP contribution is -2.06. The molecule has 3 rings (SSSR count). The van der Waals surface area contributed by atoms with Gasteiger partial charge in [0.2, 0.25) is 5.88 Å². The van der Waals surface area contributed by atoms with E-state index < -0.39 is 18.1 Å². The maximum Gasteiger partial charge on any atom is 0.222 e. The molecule has 0 aliphatic heterocycles. The van der Waals surface area contributed by atoms with Crippen molar-refractivity contribution in [2.75, 3.05) is 0 Å². The largest absolute Gasteiger partial charge is 0.439 e. The van der Waals surface area contributed by atoms with Gasteiger partial charge in [0.15, 0.2) is 0 Å². The van der Waals surface area contributed by atoms with Crippen LogP contribution in [0.1, 0.15) is 22.8 Å². The molecule has 0 saturated heterocycles. The Kier molecular flexibility index (Phi) is 3.72. The van der Waals surface area contributed by atoms with Crippen molar-refractivity contribution in [3.63, 3.8) is 0 Å². The van der Waals surface area contributed by atoms with Gasteiger partial charge in [0.1, 0.15) is 23.8 Å². The first-order chi connectivity index (χ1) is 10.5. The number of aliphatic hydroxyl groups is 1. The third-order valence-corrected chi connectivity index (χ3v) is 3.77. The van der Waals surface area contributed by atoms with Crippen LogP contribution < -0.4 is 4.74 Å². The Hall–Kier alpha value is -2.17. The van der Waals surface area contributed by atoms with Crippen molar-refractivity contribution >= 4 is 12.6 Å². The highest BCUT2D eigenvalue weighted by molar-refractivity contribution is 7.80. The summed E-state index contributed by atoms with van der Waals surface area (Å²) in [7, 11) is 0. The van der Waals surface area contributed by atoms with E-state index in [2.05, 4.69) is 17.6 Å². The number of alkyl halides is 1. The molecular weight excluding hydrogens is 310 g/mol. The summed E-state index contributed by atoms with van der Waals surface area (Å²) >= 11 is 4.16. The van der Waals surface area contributed by atoms with Gasteiger partial charge < -0.3 is 9.84 Å². The summed E-state index contributed by atoms with van der Waals surface area (Å²) in [6, 6.07) is 5.34. The van der Waals surface area contributed by atoms with Gasteiger partial charge in [-0.05, 0) is 12.1 Å². The second-order valence-electron chi connectivity index (χ2n) is 4.90. The lowest BCUT2D eigenvalue weighted by atomic mass is 10.1. The predicted molar refractivity (Wildman–Crippen MR) is 76.2 cm³/mol. The Morgan fingerprint density at radius 3 is 2.91 bits per heavy atom. The number of hydrogen-bond acceptors (Lipinski definition) is 5. The molecule has 4 nitrogen and oxygen atoms in total. The van der Waals surface area contributed by atoms with Gasteiger partial charge >= 0.3 is 0 Å². The minimum absolute atomic E-state index is 0.0618. The summed E-state index contributed by atoms with van der Waals surface area (Å²) in [4.78, 5) is 4.39. The standard InChI is InChI=1S/C15H10F2N2O2S/c16-8-1-7(5-18)2-9(3-8)21-15-10-4-11(17)14(20)13(10)12(22)6-19-15/h1-3,6,11,14,20,22H,4H2. The first-order valence-electron chi connectivity index (χ1n) is 6.41. The molecule has 112 valence electrons. The molecule has 0 radical (unpaired) electrons. The topological polar surface area (TPSA) is 66.1 Å². The number of rotatable bonds is 2. The van der Waals surface area contributed by atoms with Gasteiger partial charge in [-0.1, -0.05) is 0 Å². The van der Waals surface area contributed by atoms with Gasteiger partial charge in [-0.2, -0.15) is 5.26 Å². The molecule has 1 aromatic heterocycles. The minimum Gasteiger partial charge on any atom is -0.439 e.